The van der Waals surface area contributed by atoms with E-state index < -0.39 is 6.10 Å². The number of fused-ring (bicyclic) bond motifs is 1. The van der Waals surface area contributed by atoms with E-state index in [0.717, 1.165) is 37.3 Å². The predicted octanol–water partition coefficient (Wildman–Crippen LogP) is 1.61. The normalized spacial score (nSPS) is 15.8. The maximum absolute atomic E-state index is 12.7. The zero-order valence-corrected chi connectivity index (χ0v) is 16.5. The molecule has 0 fully saturated rings. The summed E-state index contributed by atoms with van der Waals surface area (Å²) in [6.45, 7) is 4.61. The van der Waals surface area contributed by atoms with E-state index in [1.165, 1.54) is 4.88 Å². The minimum Gasteiger partial charge on any atom is -0.385 e. The van der Waals surface area contributed by atoms with Crippen LogP contribution in [0.4, 0.5) is 0 Å². The van der Waals surface area contributed by atoms with Crippen LogP contribution in [-0.4, -0.2) is 62.8 Å². The minimum absolute atomic E-state index is 0.169. The highest BCUT2D eigenvalue weighted by Crippen LogP contribution is 2.20. The number of aliphatic hydroxyl groups excluding tert-OH is 1. The number of nitrogens with zero attached hydrogens (tertiary/aromatic N) is 5. The number of rotatable bonds is 6. The molecule has 0 aliphatic carbocycles. The van der Waals surface area contributed by atoms with E-state index in [1.54, 1.807) is 11.3 Å². The molecule has 8 heteroatoms. The number of hydrogen-bond acceptors (Lipinski definition) is 6. The molecule has 0 saturated carbocycles. The largest absolute Gasteiger partial charge is 0.385 e. The molecule has 0 spiro atoms. The molecule has 2 aromatic heterocycles. The van der Waals surface area contributed by atoms with Crippen LogP contribution in [-0.2, 0) is 24.3 Å². The molecule has 26 heavy (non-hydrogen) atoms. The van der Waals surface area contributed by atoms with Gasteiger partial charge in [-0.1, -0.05) is 0 Å². The highest BCUT2D eigenvalue weighted by molar-refractivity contribution is 7.09. The van der Waals surface area contributed by atoms with Crippen molar-refractivity contribution in [2.75, 3.05) is 27.2 Å². The second kappa shape index (κ2) is 8.28. The quantitative estimate of drug-likeness (QED) is 0.828. The Bertz CT molecular complexity index is 755. The summed E-state index contributed by atoms with van der Waals surface area (Å²) < 4.78 is 1.94. The van der Waals surface area contributed by atoms with Gasteiger partial charge in [-0.25, -0.2) is 4.98 Å². The first-order valence-corrected chi connectivity index (χ1v) is 9.88. The summed E-state index contributed by atoms with van der Waals surface area (Å²) in [5.41, 5.74) is 4.54. The molecule has 1 aliphatic rings. The number of carbonyl (C=O) groups is 1. The van der Waals surface area contributed by atoms with Gasteiger partial charge in [-0.3, -0.25) is 9.48 Å². The maximum Gasteiger partial charge on any atom is 0.223 e. The second-order valence-corrected chi connectivity index (χ2v) is 8.03. The fourth-order valence-electron chi connectivity index (χ4n) is 3.24. The van der Waals surface area contributed by atoms with Crippen molar-refractivity contribution in [3.63, 3.8) is 0 Å². The van der Waals surface area contributed by atoms with Gasteiger partial charge in [0.15, 0.2) is 0 Å². The van der Waals surface area contributed by atoms with E-state index in [2.05, 4.69) is 10.1 Å². The van der Waals surface area contributed by atoms with Crippen molar-refractivity contribution < 1.29 is 9.90 Å². The lowest BCUT2D eigenvalue weighted by molar-refractivity contribution is -0.131. The van der Waals surface area contributed by atoms with E-state index in [9.17, 15) is 9.90 Å². The summed E-state index contributed by atoms with van der Waals surface area (Å²) in [7, 11) is 3.85. The lowest BCUT2D eigenvalue weighted by atomic mass is 10.2. The summed E-state index contributed by atoms with van der Waals surface area (Å²) in [5.74, 6) is 0.169. The molecule has 142 valence electrons. The van der Waals surface area contributed by atoms with Gasteiger partial charge >= 0.3 is 0 Å². The number of aliphatic hydroxyl groups is 1. The Balaban J connectivity index is 1.64. The molecule has 1 aliphatic heterocycles. The van der Waals surface area contributed by atoms with Crippen molar-refractivity contribution >= 4 is 17.2 Å². The van der Waals surface area contributed by atoms with Crippen molar-refractivity contribution in [3.05, 3.63) is 33.5 Å². The smallest absolute Gasteiger partial charge is 0.223 e. The fourth-order valence-corrected chi connectivity index (χ4v) is 4.03. The summed E-state index contributed by atoms with van der Waals surface area (Å²) in [6.07, 6.45) is 1.52. The maximum atomic E-state index is 12.7. The topological polar surface area (TPSA) is 74.5 Å². The highest BCUT2D eigenvalue weighted by atomic mass is 32.1. The molecule has 0 radical (unpaired) electrons. The van der Waals surface area contributed by atoms with Crippen LogP contribution in [0.5, 0.6) is 0 Å². The van der Waals surface area contributed by atoms with Crippen LogP contribution >= 0.6 is 11.3 Å². The molecule has 1 N–H and O–H groups in total. The first-order chi connectivity index (χ1) is 12.4. The number of thiazole rings is 1. The Morgan fingerprint density at radius 2 is 2.23 bits per heavy atom. The van der Waals surface area contributed by atoms with Gasteiger partial charge in [0.25, 0.3) is 0 Å². The number of aromatic nitrogens is 3. The zero-order chi connectivity index (χ0) is 18.7. The third kappa shape index (κ3) is 4.49. The van der Waals surface area contributed by atoms with Gasteiger partial charge in [-0.15, -0.1) is 11.3 Å². The van der Waals surface area contributed by atoms with Gasteiger partial charge < -0.3 is 14.9 Å². The van der Waals surface area contributed by atoms with Gasteiger partial charge in [-0.2, -0.15) is 5.10 Å². The predicted molar refractivity (Wildman–Crippen MR) is 101 cm³/mol. The van der Waals surface area contributed by atoms with E-state index >= 15 is 0 Å². The van der Waals surface area contributed by atoms with Crippen molar-refractivity contribution in [1.82, 2.24) is 24.6 Å². The molecule has 2 aromatic rings. The Labute approximate surface area is 158 Å². The Morgan fingerprint density at radius 3 is 2.92 bits per heavy atom. The Hall–Kier alpha value is -1.77. The Kier molecular flexibility index (Phi) is 6.05. The van der Waals surface area contributed by atoms with E-state index in [1.807, 2.05) is 47.1 Å². The highest BCUT2D eigenvalue weighted by Gasteiger charge is 2.22. The van der Waals surface area contributed by atoms with Gasteiger partial charge in [0.05, 0.1) is 29.1 Å². The van der Waals surface area contributed by atoms with Crippen molar-refractivity contribution in [2.45, 2.75) is 45.4 Å². The van der Waals surface area contributed by atoms with Crippen LogP contribution in [0, 0.1) is 6.92 Å². The van der Waals surface area contributed by atoms with Crippen LogP contribution in [0.2, 0.25) is 0 Å². The molecular formula is C18H27N5O2S. The van der Waals surface area contributed by atoms with Gasteiger partial charge in [-0.05, 0) is 39.9 Å². The van der Waals surface area contributed by atoms with Crippen LogP contribution in [0.3, 0.4) is 0 Å². The minimum atomic E-state index is -0.608. The molecule has 0 unspecified atom stereocenters. The second-order valence-electron chi connectivity index (χ2n) is 7.09. The van der Waals surface area contributed by atoms with Crippen molar-refractivity contribution in [2.24, 2.45) is 0 Å². The lowest BCUT2D eigenvalue weighted by Gasteiger charge is -2.20. The average molecular weight is 378 g/mol. The summed E-state index contributed by atoms with van der Waals surface area (Å²) >= 11 is 1.61. The van der Waals surface area contributed by atoms with E-state index in [-0.39, 0.29) is 5.91 Å². The van der Waals surface area contributed by atoms with E-state index in [0.29, 0.717) is 25.2 Å². The molecule has 7 nitrogen and oxygen atoms in total. The average Bonchev–Trinajstić information content (AvgIpc) is 3.12. The van der Waals surface area contributed by atoms with Crippen LogP contribution in [0.15, 0.2) is 11.6 Å². The van der Waals surface area contributed by atoms with Crippen LogP contribution in [0.1, 0.15) is 40.9 Å². The number of carbonyl (C=O) groups excluding carboxylic acids is 1. The van der Waals surface area contributed by atoms with Gasteiger partial charge in [0, 0.05) is 30.9 Å². The fraction of sp³-hybridized carbons (Fsp3) is 0.611. The third-order valence-electron chi connectivity index (χ3n) is 4.68. The standard InChI is InChI=1S/C18H27N5O2S/c1-13-17(26-12-19-13)5-6-18(25)22-7-4-8-23-14(10-22)9-15(20-23)16(24)11-21(2)3/h9,12,16,24H,4-8,10-11H2,1-3H3/t16-/m0/s1. The molecule has 1 amide bonds. The van der Waals surface area contributed by atoms with Gasteiger partial charge in [0.2, 0.25) is 5.91 Å². The molecule has 3 rings (SSSR count). The van der Waals surface area contributed by atoms with Crippen LogP contribution in [0.25, 0.3) is 0 Å². The SMILES string of the molecule is Cc1ncsc1CCC(=O)N1CCCn2nc([C@@H](O)CN(C)C)cc2C1. The number of hydrogen-bond donors (Lipinski definition) is 1. The molecule has 0 aromatic carbocycles. The molecule has 3 heterocycles. The lowest BCUT2D eigenvalue weighted by Crippen LogP contribution is -2.30. The van der Waals surface area contributed by atoms with Crippen molar-refractivity contribution in [3.8, 4) is 0 Å². The number of amides is 1. The zero-order valence-electron chi connectivity index (χ0n) is 15.7. The summed E-state index contributed by atoms with van der Waals surface area (Å²) in [4.78, 5) is 22.0. The number of likely N-dealkylation sites (N-methyl/N-ethyl adjacent to an activating group) is 1. The number of aryl methyl sites for hydroxylation is 3. The monoisotopic (exact) mass is 377 g/mol. The van der Waals surface area contributed by atoms with E-state index in [4.69, 9.17) is 0 Å². The van der Waals surface area contributed by atoms with Crippen LogP contribution < -0.4 is 0 Å². The summed E-state index contributed by atoms with van der Waals surface area (Å²) in [5, 5.41) is 14.8. The first-order valence-electron chi connectivity index (χ1n) is 9.00. The van der Waals surface area contributed by atoms with Crippen molar-refractivity contribution in [1.29, 1.82) is 0 Å². The van der Waals surface area contributed by atoms with Gasteiger partial charge in [0.1, 0.15) is 6.10 Å². The molecule has 0 bridgehead atoms. The Morgan fingerprint density at radius 1 is 1.42 bits per heavy atom. The molecule has 1 atom stereocenters. The summed E-state index contributed by atoms with van der Waals surface area (Å²) in [6, 6.07) is 1.94. The first kappa shape index (κ1) is 19.0. The molecular weight excluding hydrogens is 350 g/mol. The third-order valence-corrected chi connectivity index (χ3v) is 5.67. The molecule has 0 saturated heterocycles.